The molecule has 0 aliphatic rings. The number of nitriles is 1. The van der Waals surface area contributed by atoms with Gasteiger partial charge in [-0.15, -0.1) is 11.8 Å². The lowest BCUT2D eigenvalue weighted by molar-refractivity contribution is 0.626. The van der Waals surface area contributed by atoms with Crippen molar-refractivity contribution in [3.05, 3.63) is 58.9 Å². The highest BCUT2D eigenvalue weighted by Gasteiger charge is 2.06. The van der Waals surface area contributed by atoms with Crippen LogP contribution in [0.2, 0.25) is 0 Å². The number of nitrogens with zero attached hydrogens (tertiary/aromatic N) is 1. The molecule has 2 rings (SSSR count). The Morgan fingerprint density at radius 1 is 1.26 bits per heavy atom. The number of thioether (sulfide) groups is 1. The molecule has 2 nitrogen and oxygen atoms in total. The Labute approximate surface area is 116 Å². The highest BCUT2D eigenvalue weighted by molar-refractivity contribution is 7.98. The summed E-state index contributed by atoms with van der Waals surface area (Å²) in [5.41, 5.74) is 8.78. The number of nitrogen functional groups attached to an aromatic ring is 1. The molecule has 0 saturated heterocycles. The second-order valence-corrected chi connectivity index (χ2v) is 5.24. The van der Waals surface area contributed by atoms with Crippen molar-refractivity contribution in [3.8, 4) is 6.07 Å². The van der Waals surface area contributed by atoms with Gasteiger partial charge >= 0.3 is 0 Å². The largest absolute Gasteiger partial charge is 0.399 e. The molecule has 0 heterocycles. The maximum absolute atomic E-state index is 13.2. The van der Waals surface area contributed by atoms with Crippen LogP contribution in [0.25, 0.3) is 0 Å². The number of anilines is 1. The lowest BCUT2D eigenvalue weighted by Gasteiger charge is -2.08. The van der Waals surface area contributed by atoms with Crippen molar-refractivity contribution in [2.45, 2.75) is 17.6 Å². The van der Waals surface area contributed by atoms with E-state index in [4.69, 9.17) is 11.0 Å². The molecule has 0 aromatic heterocycles. The Kier molecular flexibility index (Phi) is 4.08. The van der Waals surface area contributed by atoms with Gasteiger partial charge in [-0.1, -0.05) is 6.07 Å². The molecule has 0 atom stereocenters. The van der Waals surface area contributed by atoms with Gasteiger partial charge in [0.05, 0.1) is 11.6 Å². The quantitative estimate of drug-likeness (QED) is 0.681. The summed E-state index contributed by atoms with van der Waals surface area (Å²) in [6.07, 6.45) is 0. The van der Waals surface area contributed by atoms with Crippen LogP contribution in [0.15, 0.2) is 41.3 Å². The van der Waals surface area contributed by atoms with E-state index in [1.807, 2.05) is 25.1 Å². The molecule has 2 aromatic carbocycles. The topological polar surface area (TPSA) is 49.8 Å². The van der Waals surface area contributed by atoms with Crippen LogP contribution in [-0.2, 0) is 5.75 Å². The molecule has 0 saturated carbocycles. The number of nitrogens with two attached hydrogens (primary N) is 1. The molecule has 19 heavy (non-hydrogen) atoms. The highest BCUT2D eigenvalue weighted by Crippen LogP contribution is 2.29. The first-order valence-corrected chi connectivity index (χ1v) is 6.76. The van der Waals surface area contributed by atoms with Crippen LogP contribution in [0.4, 0.5) is 10.1 Å². The monoisotopic (exact) mass is 272 g/mol. The van der Waals surface area contributed by atoms with Gasteiger partial charge in [0, 0.05) is 16.3 Å². The third-order valence-electron chi connectivity index (χ3n) is 2.78. The van der Waals surface area contributed by atoms with Gasteiger partial charge in [-0.3, -0.25) is 0 Å². The van der Waals surface area contributed by atoms with Crippen molar-refractivity contribution in [3.63, 3.8) is 0 Å². The average Bonchev–Trinajstić information content (AvgIpc) is 2.40. The van der Waals surface area contributed by atoms with E-state index >= 15 is 0 Å². The number of benzene rings is 2. The summed E-state index contributed by atoms with van der Waals surface area (Å²) < 4.78 is 13.2. The van der Waals surface area contributed by atoms with Gasteiger partial charge in [-0.25, -0.2) is 4.39 Å². The lowest BCUT2D eigenvalue weighted by Crippen LogP contribution is -1.91. The van der Waals surface area contributed by atoms with Crippen molar-refractivity contribution < 1.29 is 4.39 Å². The van der Waals surface area contributed by atoms with Gasteiger partial charge in [0.2, 0.25) is 0 Å². The molecule has 0 bridgehead atoms. The van der Waals surface area contributed by atoms with Crippen LogP contribution >= 0.6 is 11.8 Å². The molecule has 0 amide bonds. The molecule has 96 valence electrons. The van der Waals surface area contributed by atoms with E-state index in [2.05, 4.69) is 6.07 Å². The Morgan fingerprint density at radius 2 is 2.05 bits per heavy atom. The fourth-order valence-electron chi connectivity index (χ4n) is 1.72. The fraction of sp³-hybridized carbons (Fsp3) is 0.133. The summed E-state index contributed by atoms with van der Waals surface area (Å²) in [4.78, 5) is 1.05. The molecular weight excluding hydrogens is 259 g/mol. The summed E-state index contributed by atoms with van der Waals surface area (Å²) in [5, 5.41) is 9.00. The molecule has 4 heteroatoms. The Morgan fingerprint density at radius 3 is 2.79 bits per heavy atom. The number of aryl methyl sites for hydroxylation is 1. The van der Waals surface area contributed by atoms with E-state index in [0.717, 1.165) is 10.5 Å². The van der Waals surface area contributed by atoms with Gasteiger partial charge in [-0.05, 0) is 48.4 Å². The minimum absolute atomic E-state index is 0.320. The third-order valence-corrected chi connectivity index (χ3v) is 3.99. The van der Waals surface area contributed by atoms with Crippen LogP contribution in [-0.4, -0.2) is 0 Å². The SMILES string of the molecule is Cc1ccc(N)cc1SCc1cc(F)ccc1C#N. The first kappa shape index (κ1) is 13.4. The summed E-state index contributed by atoms with van der Waals surface area (Å²) in [6.45, 7) is 2.00. The summed E-state index contributed by atoms with van der Waals surface area (Å²) in [6, 6.07) is 12.0. The number of rotatable bonds is 3. The van der Waals surface area contributed by atoms with E-state index in [1.165, 1.54) is 18.2 Å². The van der Waals surface area contributed by atoms with E-state index in [1.54, 1.807) is 11.8 Å². The van der Waals surface area contributed by atoms with Crippen LogP contribution in [0.3, 0.4) is 0 Å². The minimum Gasteiger partial charge on any atom is -0.399 e. The van der Waals surface area contributed by atoms with E-state index < -0.39 is 0 Å². The summed E-state index contributed by atoms with van der Waals surface area (Å²) >= 11 is 1.55. The fourth-order valence-corrected chi connectivity index (χ4v) is 2.78. The predicted octanol–water partition coefficient (Wildman–Crippen LogP) is 3.88. The van der Waals surface area contributed by atoms with Crippen LogP contribution in [0, 0.1) is 24.1 Å². The Hall–Kier alpha value is -1.99. The van der Waals surface area contributed by atoms with Gasteiger partial charge in [0.25, 0.3) is 0 Å². The zero-order chi connectivity index (χ0) is 13.8. The number of hydrogen-bond donors (Lipinski definition) is 1. The van der Waals surface area contributed by atoms with Crippen molar-refractivity contribution in [2.75, 3.05) is 5.73 Å². The normalized spacial score (nSPS) is 10.2. The molecular formula is C15H13FN2S. The number of hydrogen-bond acceptors (Lipinski definition) is 3. The van der Waals surface area contributed by atoms with Crippen molar-refractivity contribution in [1.29, 1.82) is 5.26 Å². The van der Waals surface area contributed by atoms with E-state index in [0.29, 0.717) is 22.6 Å². The third kappa shape index (κ3) is 3.27. The van der Waals surface area contributed by atoms with E-state index in [9.17, 15) is 4.39 Å². The molecule has 0 radical (unpaired) electrons. The number of halogens is 1. The Balaban J connectivity index is 2.21. The maximum atomic E-state index is 13.2. The molecule has 0 fully saturated rings. The lowest BCUT2D eigenvalue weighted by atomic mass is 10.1. The summed E-state index contributed by atoms with van der Waals surface area (Å²) in [5.74, 6) is 0.226. The molecule has 2 aromatic rings. The second-order valence-electron chi connectivity index (χ2n) is 4.23. The molecule has 0 spiro atoms. The highest BCUT2D eigenvalue weighted by atomic mass is 32.2. The van der Waals surface area contributed by atoms with Crippen molar-refractivity contribution in [1.82, 2.24) is 0 Å². The van der Waals surface area contributed by atoms with Crippen LogP contribution in [0.1, 0.15) is 16.7 Å². The molecule has 0 aliphatic carbocycles. The van der Waals surface area contributed by atoms with Crippen molar-refractivity contribution >= 4 is 17.4 Å². The summed E-state index contributed by atoms with van der Waals surface area (Å²) in [7, 11) is 0. The zero-order valence-electron chi connectivity index (χ0n) is 10.5. The average molecular weight is 272 g/mol. The predicted molar refractivity (Wildman–Crippen MR) is 76.3 cm³/mol. The Bertz CT molecular complexity index is 647. The van der Waals surface area contributed by atoms with Gasteiger partial charge < -0.3 is 5.73 Å². The van der Waals surface area contributed by atoms with Gasteiger partial charge in [0.15, 0.2) is 0 Å². The van der Waals surface area contributed by atoms with Crippen LogP contribution in [0.5, 0.6) is 0 Å². The second kappa shape index (κ2) is 5.77. The standard InChI is InChI=1S/C15H13FN2S/c1-10-2-5-14(18)7-15(10)19-9-12-6-13(16)4-3-11(12)8-17/h2-7H,9,18H2,1H3. The van der Waals surface area contributed by atoms with Gasteiger partial charge in [-0.2, -0.15) is 5.26 Å². The molecule has 0 aliphatic heterocycles. The minimum atomic E-state index is -0.320. The van der Waals surface area contributed by atoms with Crippen molar-refractivity contribution in [2.24, 2.45) is 0 Å². The first-order valence-electron chi connectivity index (χ1n) is 5.77. The smallest absolute Gasteiger partial charge is 0.123 e. The van der Waals surface area contributed by atoms with Crippen LogP contribution < -0.4 is 5.73 Å². The maximum Gasteiger partial charge on any atom is 0.123 e. The first-order chi connectivity index (χ1) is 9.10. The molecule has 0 unspecified atom stereocenters. The molecule has 2 N–H and O–H groups in total. The zero-order valence-corrected chi connectivity index (χ0v) is 11.3. The van der Waals surface area contributed by atoms with E-state index in [-0.39, 0.29) is 5.82 Å². The van der Waals surface area contributed by atoms with Gasteiger partial charge in [0.1, 0.15) is 5.82 Å².